The van der Waals surface area contributed by atoms with Crippen LogP contribution in [-0.4, -0.2) is 21.7 Å². The smallest absolute Gasteiger partial charge is 0.164 e. The molecule has 5 rings (SSSR count). The normalized spacial score (nSPS) is 26.4. The van der Waals surface area contributed by atoms with E-state index in [9.17, 15) is 4.79 Å². The van der Waals surface area contributed by atoms with Gasteiger partial charge < -0.3 is 5.32 Å². The fourth-order valence-electron chi connectivity index (χ4n) is 5.66. The molecule has 1 N–H and O–H groups in total. The number of fused-ring (bicyclic) bond motifs is 1. The van der Waals surface area contributed by atoms with Gasteiger partial charge in [0.15, 0.2) is 11.9 Å². The number of ketones is 1. The van der Waals surface area contributed by atoms with E-state index >= 15 is 0 Å². The number of hydrogen-bond donors (Lipinski definition) is 1. The van der Waals surface area contributed by atoms with Crippen molar-refractivity contribution < 1.29 is 4.79 Å². The van der Waals surface area contributed by atoms with Crippen LogP contribution in [0.25, 0.3) is 11.3 Å². The van der Waals surface area contributed by atoms with Gasteiger partial charge in [0, 0.05) is 41.6 Å². The van der Waals surface area contributed by atoms with Crippen molar-refractivity contribution >= 4 is 5.78 Å². The lowest BCUT2D eigenvalue weighted by Crippen LogP contribution is -2.51. The Hall–Kier alpha value is -3.02. The fourth-order valence-corrected chi connectivity index (χ4v) is 5.66. The number of nitrogens with one attached hydrogen (secondary N) is 1. The number of benzene rings is 1. The quantitative estimate of drug-likeness (QED) is 0.751. The summed E-state index contributed by atoms with van der Waals surface area (Å²) < 4.78 is 2.00. The number of aryl methyl sites for hydroxylation is 1. The number of azo groups is 1. The van der Waals surface area contributed by atoms with Gasteiger partial charge in [-0.3, -0.25) is 9.48 Å². The molecule has 6 heteroatoms. The van der Waals surface area contributed by atoms with Gasteiger partial charge in [-0.15, -0.1) is 0 Å². The van der Waals surface area contributed by atoms with E-state index in [0.29, 0.717) is 6.42 Å². The number of carbonyl (C=O) groups is 1. The van der Waals surface area contributed by atoms with E-state index in [-0.39, 0.29) is 17.4 Å². The number of aromatic nitrogens is 2. The predicted octanol–water partition coefficient (Wildman–Crippen LogP) is 5.14. The molecule has 1 aromatic heterocycles. The third-order valence-electron chi connectivity index (χ3n) is 6.98. The second-order valence-electron chi connectivity index (χ2n) is 9.53. The van der Waals surface area contributed by atoms with Crippen LogP contribution in [0.1, 0.15) is 52.5 Å². The minimum atomic E-state index is -0.518. The molecule has 160 valence electrons. The van der Waals surface area contributed by atoms with Gasteiger partial charge in [0.2, 0.25) is 0 Å². The summed E-state index contributed by atoms with van der Waals surface area (Å²) in [6.45, 7) is 9.40. The molecule has 0 bridgehead atoms. The molecular weight excluding hydrogens is 386 g/mol. The minimum Gasteiger partial charge on any atom is -0.362 e. The number of Topliss-reactive ketones (excluding diaryl/α,β-unsaturated/α-hetero) is 1. The Morgan fingerprint density at radius 1 is 1.19 bits per heavy atom. The van der Waals surface area contributed by atoms with E-state index in [2.05, 4.69) is 72.6 Å². The molecule has 2 aromatic rings. The molecule has 6 nitrogen and oxygen atoms in total. The van der Waals surface area contributed by atoms with Crippen LogP contribution in [0.5, 0.6) is 0 Å². The first kappa shape index (κ1) is 19.9. The zero-order valence-electron chi connectivity index (χ0n) is 18.6. The summed E-state index contributed by atoms with van der Waals surface area (Å²) in [7, 11) is 0. The summed E-state index contributed by atoms with van der Waals surface area (Å²) in [6, 6.07) is 10.6. The molecule has 0 spiro atoms. The average Bonchev–Trinajstić information content (AvgIpc) is 3.40. The summed E-state index contributed by atoms with van der Waals surface area (Å²) in [4.78, 5) is 13.6. The Kier molecular flexibility index (Phi) is 4.50. The van der Waals surface area contributed by atoms with Gasteiger partial charge in [0.25, 0.3) is 0 Å². The van der Waals surface area contributed by atoms with Crippen molar-refractivity contribution in [2.45, 2.75) is 65.1 Å². The van der Waals surface area contributed by atoms with Crippen molar-refractivity contribution in [3.8, 4) is 11.3 Å². The van der Waals surface area contributed by atoms with Crippen LogP contribution in [0.4, 0.5) is 0 Å². The summed E-state index contributed by atoms with van der Waals surface area (Å²) in [5.74, 6) is 0.232. The first-order chi connectivity index (χ1) is 14.9. The van der Waals surface area contributed by atoms with Gasteiger partial charge in [-0.2, -0.15) is 15.3 Å². The Morgan fingerprint density at radius 2 is 2.03 bits per heavy atom. The molecule has 0 fully saturated rings. The van der Waals surface area contributed by atoms with Crippen molar-refractivity contribution in [2.24, 2.45) is 15.6 Å². The topological polar surface area (TPSA) is 71.6 Å². The third kappa shape index (κ3) is 2.92. The van der Waals surface area contributed by atoms with E-state index in [4.69, 9.17) is 0 Å². The van der Waals surface area contributed by atoms with Crippen LogP contribution in [0.3, 0.4) is 0 Å². The number of allylic oxidation sites excluding steroid dienone is 2. The predicted molar refractivity (Wildman–Crippen MR) is 120 cm³/mol. The van der Waals surface area contributed by atoms with Gasteiger partial charge in [0.05, 0.1) is 17.3 Å². The maximum absolute atomic E-state index is 13.6. The summed E-state index contributed by atoms with van der Waals surface area (Å²) in [6.07, 6.45) is 5.68. The van der Waals surface area contributed by atoms with E-state index in [1.165, 1.54) is 0 Å². The summed E-state index contributed by atoms with van der Waals surface area (Å²) in [5.41, 5.74) is 5.76. The van der Waals surface area contributed by atoms with Crippen molar-refractivity contribution in [2.75, 3.05) is 0 Å². The Balaban J connectivity index is 1.74. The zero-order chi connectivity index (χ0) is 21.8. The summed E-state index contributed by atoms with van der Waals surface area (Å²) in [5, 5.41) is 16.7. The lowest BCUT2D eigenvalue weighted by Gasteiger charge is -2.47. The van der Waals surface area contributed by atoms with E-state index < -0.39 is 5.41 Å². The van der Waals surface area contributed by atoms with Crippen LogP contribution in [0.15, 0.2) is 69.8 Å². The van der Waals surface area contributed by atoms with Crippen molar-refractivity contribution in [1.29, 1.82) is 0 Å². The van der Waals surface area contributed by atoms with Gasteiger partial charge in [0.1, 0.15) is 0 Å². The van der Waals surface area contributed by atoms with Crippen molar-refractivity contribution in [3.63, 3.8) is 0 Å². The largest absolute Gasteiger partial charge is 0.362 e. The summed E-state index contributed by atoms with van der Waals surface area (Å²) >= 11 is 0. The molecule has 1 aliphatic carbocycles. The Bertz CT molecular complexity index is 1150. The van der Waals surface area contributed by atoms with E-state index in [1.54, 1.807) is 0 Å². The molecule has 1 unspecified atom stereocenters. The fraction of sp³-hybridized carbons (Fsp3) is 0.440. The standard InChI is InChI=1S/C25H29N5O/c1-5-25(17-9-7-8-16(12-17)20-10-11-27-30(20)6-2)18-15-26-29-23(18)28-19-13-24(3,4)14-21(31)22(19)25/h7-12,15,23,28H,5-6,13-14H2,1-4H3/t23?,25-/m1/s1. The first-order valence-corrected chi connectivity index (χ1v) is 11.2. The lowest BCUT2D eigenvalue weighted by molar-refractivity contribution is -0.119. The molecule has 2 atom stereocenters. The van der Waals surface area contributed by atoms with Crippen LogP contribution >= 0.6 is 0 Å². The highest BCUT2D eigenvalue weighted by Crippen LogP contribution is 2.53. The molecule has 0 amide bonds. The average molecular weight is 416 g/mol. The molecule has 3 heterocycles. The Morgan fingerprint density at radius 3 is 2.81 bits per heavy atom. The van der Waals surface area contributed by atoms with Gasteiger partial charge >= 0.3 is 0 Å². The molecule has 0 saturated heterocycles. The van der Waals surface area contributed by atoms with Gasteiger partial charge in [-0.25, -0.2) is 0 Å². The maximum Gasteiger partial charge on any atom is 0.164 e. The number of carbonyl (C=O) groups excluding carboxylic acids is 1. The molecule has 2 aliphatic heterocycles. The van der Waals surface area contributed by atoms with E-state index in [0.717, 1.165) is 53.1 Å². The monoisotopic (exact) mass is 415 g/mol. The SMILES string of the molecule is CCn1nccc1-c1cccc([C@]2(CC)C3=CN=NC3NC3=C2C(=O)CC(C)(C)C3)c1. The highest BCUT2D eigenvalue weighted by atomic mass is 16.1. The Labute approximate surface area is 183 Å². The van der Waals surface area contributed by atoms with Crippen LogP contribution in [-0.2, 0) is 16.8 Å². The van der Waals surface area contributed by atoms with Crippen LogP contribution in [0.2, 0.25) is 0 Å². The minimum absolute atomic E-state index is 0.0607. The van der Waals surface area contributed by atoms with Crippen LogP contribution < -0.4 is 5.32 Å². The van der Waals surface area contributed by atoms with Crippen LogP contribution in [0, 0.1) is 5.41 Å². The van der Waals surface area contributed by atoms with Gasteiger partial charge in [-0.05, 0) is 42.9 Å². The number of nitrogens with zero attached hydrogens (tertiary/aromatic N) is 4. The lowest BCUT2D eigenvalue weighted by atomic mass is 9.58. The van der Waals surface area contributed by atoms with Gasteiger partial charge in [-0.1, -0.05) is 39.0 Å². The molecule has 0 radical (unpaired) electrons. The highest BCUT2D eigenvalue weighted by molar-refractivity contribution is 6.01. The second kappa shape index (κ2) is 7.01. The number of hydrogen-bond acceptors (Lipinski definition) is 5. The van der Waals surface area contributed by atoms with Crippen molar-refractivity contribution in [1.82, 2.24) is 15.1 Å². The molecule has 31 heavy (non-hydrogen) atoms. The molecule has 3 aliphatic rings. The van der Waals surface area contributed by atoms with Crippen molar-refractivity contribution in [3.05, 3.63) is 65.1 Å². The van der Waals surface area contributed by atoms with E-state index in [1.807, 2.05) is 23.1 Å². The maximum atomic E-state index is 13.6. The second-order valence-corrected chi connectivity index (χ2v) is 9.53. The highest BCUT2D eigenvalue weighted by Gasteiger charge is 2.52. The molecule has 1 aromatic carbocycles. The number of rotatable bonds is 4. The third-order valence-corrected chi connectivity index (χ3v) is 6.98. The molecule has 0 saturated carbocycles. The first-order valence-electron chi connectivity index (χ1n) is 11.2. The molecular formula is C25H29N5O. The zero-order valence-corrected chi connectivity index (χ0v) is 18.6.